The molecule has 0 unspecified atom stereocenters. The Labute approximate surface area is 140 Å². The molecule has 0 bridgehead atoms. The highest BCUT2D eigenvalue weighted by molar-refractivity contribution is 5.91. The number of rotatable bonds is 5. The minimum absolute atomic E-state index is 0.179. The fourth-order valence-electron chi connectivity index (χ4n) is 3.04. The predicted octanol–water partition coefficient (Wildman–Crippen LogP) is 0.987. The molecule has 8 nitrogen and oxygen atoms in total. The van der Waals surface area contributed by atoms with Crippen molar-refractivity contribution >= 4 is 5.91 Å². The minimum atomic E-state index is -0.631. The molecule has 8 heteroatoms. The number of carbonyl (C=O) groups excluding carboxylic acids is 1. The maximum Gasteiger partial charge on any atom is 0.289 e. The van der Waals surface area contributed by atoms with E-state index in [4.69, 9.17) is 8.83 Å². The van der Waals surface area contributed by atoms with Crippen molar-refractivity contribution in [2.24, 2.45) is 0 Å². The van der Waals surface area contributed by atoms with Gasteiger partial charge in [-0.3, -0.25) is 9.69 Å². The molecule has 0 saturated carbocycles. The van der Waals surface area contributed by atoms with E-state index in [9.17, 15) is 9.90 Å². The van der Waals surface area contributed by atoms with Gasteiger partial charge in [0.05, 0.1) is 18.7 Å². The lowest BCUT2D eigenvalue weighted by molar-refractivity contribution is 0.0724. The van der Waals surface area contributed by atoms with E-state index in [1.54, 1.807) is 30.9 Å². The zero-order valence-electron chi connectivity index (χ0n) is 14.1. The second kappa shape index (κ2) is 6.74. The largest absolute Gasteiger partial charge is 0.456 e. The number of aromatic nitrogens is 2. The van der Waals surface area contributed by atoms with Gasteiger partial charge >= 0.3 is 0 Å². The second-order valence-electron chi connectivity index (χ2n) is 6.03. The first-order valence-corrected chi connectivity index (χ1v) is 8.04. The van der Waals surface area contributed by atoms with E-state index >= 15 is 0 Å². The van der Waals surface area contributed by atoms with Crippen molar-refractivity contribution in [3.63, 3.8) is 0 Å². The highest BCUT2D eigenvalue weighted by Gasteiger charge is 2.38. The number of amides is 1. The fraction of sp³-hybridized carbons (Fsp3) is 0.562. The predicted molar refractivity (Wildman–Crippen MR) is 84.3 cm³/mol. The Morgan fingerprint density at radius 2 is 2.12 bits per heavy atom. The van der Waals surface area contributed by atoms with Gasteiger partial charge in [-0.15, -0.1) is 10.2 Å². The van der Waals surface area contributed by atoms with Gasteiger partial charge in [0.25, 0.3) is 5.91 Å². The van der Waals surface area contributed by atoms with Gasteiger partial charge < -0.3 is 18.8 Å². The molecule has 1 N–H and O–H groups in total. The monoisotopic (exact) mass is 334 g/mol. The molecule has 3 heterocycles. The number of hydrogen-bond acceptors (Lipinski definition) is 7. The number of aryl methyl sites for hydroxylation is 2. The first-order valence-electron chi connectivity index (χ1n) is 8.04. The molecule has 0 radical (unpaired) electrons. The third-order valence-corrected chi connectivity index (χ3v) is 4.28. The second-order valence-corrected chi connectivity index (χ2v) is 6.03. The average molecular weight is 334 g/mol. The van der Waals surface area contributed by atoms with Crippen molar-refractivity contribution in [1.29, 1.82) is 0 Å². The van der Waals surface area contributed by atoms with Gasteiger partial charge in [0.1, 0.15) is 5.76 Å². The molecular formula is C16H22N4O4. The SMILES string of the molecule is CCN(Cc1nnc(C)o1)[C@H]1CN(C(=O)c2ccc(C)o2)C[C@H]1O. The van der Waals surface area contributed by atoms with Crippen LogP contribution in [0.3, 0.4) is 0 Å². The molecule has 24 heavy (non-hydrogen) atoms. The molecule has 130 valence electrons. The van der Waals surface area contributed by atoms with Crippen LogP contribution in [0.1, 0.15) is 35.0 Å². The van der Waals surface area contributed by atoms with Crippen molar-refractivity contribution in [2.45, 2.75) is 39.5 Å². The molecule has 1 aliphatic heterocycles. The highest BCUT2D eigenvalue weighted by atomic mass is 16.4. The van der Waals surface area contributed by atoms with Crippen molar-refractivity contribution in [3.05, 3.63) is 35.4 Å². The quantitative estimate of drug-likeness (QED) is 0.871. The fourth-order valence-corrected chi connectivity index (χ4v) is 3.04. The summed E-state index contributed by atoms with van der Waals surface area (Å²) < 4.78 is 10.8. The molecule has 1 amide bonds. The zero-order chi connectivity index (χ0) is 17.3. The molecule has 2 aromatic rings. The van der Waals surface area contributed by atoms with Crippen molar-refractivity contribution in [1.82, 2.24) is 20.0 Å². The molecule has 0 aliphatic carbocycles. The zero-order valence-corrected chi connectivity index (χ0v) is 14.1. The Bertz CT molecular complexity index is 711. The van der Waals surface area contributed by atoms with E-state index in [1.807, 2.05) is 11.8 Å². The molecule has 3 rings (SSSR count). The smallest absolute Gasteiger partial charge is 0.289 e. The molecule has 1 saturated heterocycles. The number of furan rings is 1. The van der Waals surface area contributed by atoms with Gasteiger partial charge in [-0.25, -0.2) is 0 Å². The summed E-state index contributed by atoms with van der Waals surface area (Å²) in [4.78, 5) is 16.1. The Morgan fingerprint density at radius 3 is 2.71 bits per heavy atom. The minimum Gasteiger partial charge on any atom is -0.456 e. The summed E-state index contributed by atoms with van der Waals surface area (Å²) in [5.74, 6) is 1.81. The summed E-state index contributed by atoms with van der Waals surface area (Å²) in [5.41, 5.74) is 0. The number of nitrogens with zero attached hydrogens (tertiary/aromatic N) is 4. The summed E-state index contributed by atoms with van der Waals surface area (Å²) in [6.45, 7) is 7.39. The molecule has 2 atom stereocenters. The van der Waals surface area contributed by atoms with Crippen LogP contribution >= 0.6 is 0 Å². The van der Waals surface area contributed by atoms with Crippen LogP contribution in [0.2, 0.25) is 0 Å². The third-order valence-electron chi connectivity index (χ3n) is 4.28. The van der Waals surface area contributed by atoms with Crippen LogP contribution in [0.4, 0.5) is 0 Å². The van der Waals surface area contributed by atoms with Crippen LogP contribution in [0, 0.1) is 13.8 Å². The first kappa shape index (κ1) is 16.7. The molecule has 2 aromatic heterocycles. The van der Waals surface area contributed by atoms with Crippen LogP contribution in [-0.4, -0.2) is 62.8 Å². The van der Waals surface area contributed by atoms with Crippen molar-refractivity contribution in [2.75, 3.05) is 19.6 Å². The molecule has 1 aliphatic rings. The Balaban J connectivity index is 1.68. The van der Waals surface area contributed by atoms with Crippen LogP contribution < -0.4 is 0 Å². The standard InChI is InChI=1S/C16H22N4O4/c1-4-19(9-15-18-17-11(3)24-15)12-7-20(8-13(12)21)16(22)14-6-5-10(2)23-14/h5-6,12-13,21H,4,7-9H2,1-3H3/t12-,13+/m0/s1. The third kappa shape index (κ3) is 3.34. The van der Waals surface area contributed by atoms with Gasteiger partial charge in [-0.05, 0) is 25.6 Å². The van der Waals surface area contributed by atoms with Crippen LogP contribution in [0.15, 0.2) is 21.0 Å². The lowest BCUT2D eigenvalue weighted by Crippen LogP contribution is -2.43. The first-order chi connectivity index (χ1) is 11.5. The number of hydrogen-bond donors (Lipinski definition) is 1. The highest BCUT2D eigenvalue weighted by Crippen LogP contribution is 2.21. The Hall–Kier alpha value is -2.19. The maximum absolute atomic E-state index is 12.5. The summed E-state index contributed by atoms with van der Waals surface area (Å²) in [6, 6.07) is 3.24. The van der Waals surface area contributed by atoms with Gasteiger partial charge in [0.2, 0.25) is 11.8 Å². The summed E-state index contributed by atoms with van der Waals surface area (Å²) in [5, 5.41) is 18.2. The maximum atomic E-state index is 12.5. The summed E-state index contributed by atoms with van der Waals surface area (Å²) in [6.07, 6.45) is -0.631. The summed E-state index contributed by atoms with van der Waals surface area (Å²) >= 11 is 0. The topological polar surface area (TPSA) is 95.8 Å². The number of aliphatic hydroxyl groups is 1. The number of aliphatic hydroxyl groups excluding tert-OH is 1. The van der Waals surface area contributed by atoms with Gasteiger partial charge in [0, 0.05) is 20.0 Å². The van der Waals surface area contributed by atoms with Gasteiger partial charge in [-0.1, -0.05) is 6.92 Å². The number of likely N-dealkylation sites (tertiary alicyclic amines) is 1. The number of likely N-dealkylation sites (N-methyl/N-ethyl adjacent to an activating group) is 1. The van der Waals surface area contributed by atoms with Crippen LogP contribution in [0.25, 0.3) is 0 Å². The van der Waals surface area contributed by atoms with Gasteiger partial charge in [-0.2, -0.15) is 0 Å². The molecule has 0 spiro atoms. The van der Waals surface area contributed by atoms with E-state index in [0.717, 1.165) is 0 Å². The Morgan fingerprint density at radius 1 is 1.33 bits per heavy atom. The molecular weight excluding hydrogens is 312 g/mol. The van der Waals surface area contributed by atoms with E-state index in [1.165, 1.54) is 0 Å². The normalized spacial score (nSPS) is 21.0. The van der Waals surface area contributed by atoms with Crippen molar-refractivity contribution < 1.29 is 18.7 Å². The van der Waals surface area contributed by atoms with E-state index in [2.05, 4.69) is 10.2 Å². The average Bonchev–Trinajstić information content (AvgIpc) is 3.25. The van der Waals surface area contributed by atoms with E-state index < -0.39 is 6.10 Å². The van der Waals surface area contributed by atoms with E-state index in [0.29, 0.717) is 42.9 Å². The van der Waals surface area contributed by atoms with E-state index in [-0.39, 0.29) is 18.5 Å². The van der Waals surface area contributed by atoms with Crippen molar-refractivity contribution in [3.8, 4) is 0 Å². The van der Waals surface area contributed by atoms with Crippen LogP contribution in [-0.2, 0) is 6.54 Å². The molecule has 1 fully saturated rings. The summed E-state index contributed by atoms with van der Waals surface area (Å²) in [7, 11) is 0. The lowest BCUT2D eigenvalue weighted by atomic mass is 10.2. The molecule has 0 aromatic carbocycles. The number of β-amino-alcohol motifs (C(OH)–C–C–N with tert-alkyl or cyclic N) is 1. The lowest BCUT2D eigenvalue weighted by Gasteiger charge is -2.27. The van der Waals surface area contributed by atoms with Gasteiger partial charge in [0.15, 0.2) is 5.76 Å². The number of carbonyl (C=O) groups is 1. The van der Waals surface area contributed by atoms with Crippen LogP contribution in [0.5, 0.6) is 0 Å². The Kier molecular flexibility index (Phi) is 4.68.